The molecule has 8 nitrogen and oxygen atoms in total. The summed E-state index contributed by atoms with van der Waals surface area (Å²) in [5.74, 6) is -3.37. The molecule has 0 unspecified atom stereocenters. The van der Waals surface area contributed by atoms with Gasteiger partial charge in [-0.3, -0.25) is 4.79 Å². The molecule has 39 heavy (non-hydrogen) atoms. The van der Waals surface area contributed by atoms with E-state index in [1.165, 1.54) is 25.2 Å². The molecule has 1 heterocycles. The lowest BCUT2D eigenvalue weighted by Gasteiger charge is -2.14. The van der Waals surface area contributed by atoms with Crippen molar-refractivity contribution >= 4 is 35.1 Å². The number of nitrogens with one attached hydrogen (secondary N) is 3. The van der Waals surface area contributed by atoms with Crippen LogP contribution in [0.5, 0.6) is 5.88 Å². The first-order valence-electron chi connectivity index (χ1n) is 11.6. The quantitative estimate of drug-likeness (QED) is 0.107. The van der Waals surface area contributed by atoms with Gasteiger partial charge in [-0.25, -0.2) is 9.07 Å². The second kappa shape index (κ2) is 12.1. The van der Waals surface area contributed by atoms with E-state index in [-0.39, 0.29) is 35.6 Å². The van der Waals surface area contributed by atoms with Crippen molar-refractivity contribution in [2.75, 3.05) is 11.9 Å². The van der Waals surface area contributed by atoms with Crippen molar-refractivity contribution in [1.82, 2.24) is 15.1 Å². The maximum absolute atomic E-state index is 13.9. The Morgan fingerprint density at radius 1 is 1.28 bits per heavy atom. The van der Waals surface area contributed by atoms with Crippen molar-refractivity contribution in [2.45, 2.75) is 43.9 Å². The molecule has 1 aromatic heterocycles. The van der Waals surface area contributed by atoms with E-state index in [0.717, 1.165) is 17.1 Å². The van der Waals surface area contributed by atoms with Crippen LogP contribution in [0.2, 0.25) is 5.02 Å². The molecule has 15 heteroatoms. The Morgan fingerprint density at radius 3 is 2.56 bits per heavy atom. The Kier molecular flexibility index (Phi) is 9.33. The molecular formula is C24H25ClF6N6O2. The van der Waals surface area contributed by atoms with Crippen molar-refractivity contribution in [3.05, 3.63) is 58.0 Å². The Labute approximate surface area is 224 Å². The molecule has 1 fully saturated rings. The number of aryl methyl sites for hydroxylation is 1. The van der Waals surface area contributed by atoms with Crippen LogP contribution in [-0.2, 0) is 13.2 Å². The standard InChI is InChI=1S/C24H25ClF6N6O2/c1-37-20(18(24(29,30)31)22(36-37)39-9-3-2-4-17(26)19(27)28)34-12-14(11-32)13-5-6-16(25)15(10-13)21(38)35-23(33)7-8-23/h5-6,10-12,32,34H,2-4,7-9,33H2,1H3,(H,35,38)/b14-12+,32-11?. The highest BCUT2D eigenvalue weighted by Gasteiger charge is 2.41. The lowest BCUT2D eigenvalue weighted by Crippen LogP contribution is -2.43. The average molecular weight is 579 g/mol. The number of alkyl halides is 3. The fraction of sp³-hybridized carbons (Fsp3) is 0.375. The topological polar surface area (TPSA) is 118 Å². The number of halogens is 7. The van der Waals surface area contributed by atoms with E-state index < -0.39 is 53.3 Å². The van der Waals surface area contributed by atoms with Gasteiger partial charge in [0.05, 0.1) is 22.9 Å². The molecule has 5 N–H and O–H groups in total. The maximum atomic E-state index is 13.9. The fourth-order valence-electron chi connectivity index (χ4n) is 3.45. The number of rotatable bonds is 12. The summed E-state index contributed by atoms with van der Waals surface area (Å²) in [5.41, 5.74) is 4.38. The van der Waals surface area contributed by atoms with Crippen molar-refractivity contribution in [1.29, 1.82) is 5.41 Å². The third-order valence-electron chi connectivity index (χ3n) is 5.75. The Balaban J connectivity index is 1.80. The first-order valence-corrected chi connectivity index (χ1v) is 12.0. The molecule has 1 aromatic carbocycles. The van der Waals surface area contributed by atoms with Gasteiger partial charge >= 0.3 is 12.3 Å². The van der Waals surface area contributed by atoms with Gasteiger partial charge in [0.2, 0.25) is 5.88 Å². The number of allylic oxidation sites excluding steroid dienone is 2. The summed E-state index contributed by atoms with van der Waals surface area (Å²) in [6, 6.07) is 4.29. The lowest BCUT2D eigenvalue weighted by molar-refractivity contribution is -0.138. The minimum atomic E-state index is -4.90. The van der Waals surface area contributed by atoms with Gasteiger partial charge in [0.25, 0.3) is 5.91 Å². The van der Waals surface area contributed by atoms with Crippen molar-refractivity contribution in [3.8, 4) is 5.88 Å². The summed E-state index contributed by atoms with van der Waals surface area (Å²) in [6.07, 6.45) is -4.74. The van der Waals surface area contributed by atoms with Crippen molar-refractivity contribution < 1.29 is 35.9 Å². The number of unbranched alkanes of at least 4 members (excludes halogenated alkanes) is 1. The molecule has 1 aliphatic rings. The molecule has 0 bridgehead atoms. The molecule has 1 aliphatic carbocycles. The number of aromatic nitrogens is 2. The average Bonchev–Trinajstić information content (AvgIpc) is 3.48. The number of anilines is 1. The Bertz CT molecular complexity index is 1300. The Hall–Kier alpha value is -3.52. The summed E-state index contributed by atoms with van der Waals surface area (Å²) in [6.45, 7) is -0.317. The maximum Gasteiger partial charge on any atom is 0.425 e. The van der Waals surface area contributed by atoms with Crippen LogP contribution in [0.25, 0.3) is 5.57 Å². The highest BCUT2D eigenvalue weighted by molar-refractivity contribution is 6.34. The van der Waals surface area contributed by atoms with E-state index in [2.05, 4.69) is 15.7 Å². The van der Waals surface area contributed by atoms with E-state index in [9.17, 15) is 31.1 Å². The van der Waals surface area contributed by atoms with Crippen molar-refractivity contribution in [2.24, 2.45) is 12.8 Å². The van der Waals surface area contributed by atoms with Crippen LogP contribution in [0.4, 0.5) is 32.2 Å². The number of hydrogen-bond donors (Lipinski definition) is 4. The van der Waals surface area contributed by atoms with Gasteiger partial charge in [0.1, 0.15) is 5.82 Å². The molecule has 1 amide bonds. The molecule has 0 atom stereocenters. The monoisotopic (exact) mass is 578 g/mol. The largest absolute Gasteiger partial charge is 0.476 e. The highest BCUT2D eigenvalue weighted by Crippen LogP contribution is 2.41. The van der Waals surface area contributed by atoms with Crippen LogP contribution in [0, 0.1) is 5.41 Å². The third kappa shape index (κ3) is 7.76. The molecule has 0 aliphatic heterocycles. The summed E-state index contributed by atoms with van der Waals surface area (Å²) in [7, 11) is 1.23. The normalized spacial score (nSPS) is 14.5. The van der Waals surface area contributed by atoms with Gasteiger partial charge < -0.3 is 26.5 Å². The number of nitrogens with zero attached hydrogens (tertiary/aromatic N) is 2. The second-order valence-electron chi connectivity index (χ2n) is 8.81. The van der Waals surface area contributed by atoms with Gasteiger partial charge in [0.15, 0.2) is 11.4 Å². The van der Waals surface area contributed by atoms with Crippen LogP contribution in [0.3, 0.4) is 0 Å². The summed E-state index contributed by atoms with van der Waals surface area (Å²) >= 11 is 6.15. The smallest absolute Gasteiger partial charge is 0.425 e. The van der Waals surface area contributed by atoms with Crippen LogP contribution in [0.15, 0.2) is 36.3 Å². The van der Waals surface area contributed by atoms with E-state index in [1.54, 1.807) is 0 Å². The number of carbonyl (C=O) groups excluding carboxylic acids is 1. The summed E-state index contributed by atoms with van der Waals surface area (Å²) in [5, 5.41) is 16.8. The van der Waals surface area contributed by atoms with E-state index >= 15 is 0 Å². The molecule has 0 radical (unpaired) electrons. The molecule has 1 saturated carbocycles. The molecule has 212 valence electrons. The Morgan fingerprint density at radius 2 is 1.97 bits per heavy atom. The van der Waals surface area contributed by atoms with E-state index in [0.29, 0.717) is 18.4 Å². The minimum Gasteiger partial charge on any atom is -0.476 e. The predicted octanol–water partition coefficient (Wildman–Crippen LogP) is 6.00. The lowest BCUT2D eigenvalue weighted by atomic mass is 10.0. The molecule has 0 saturated heterocycles. The molecule has 2 aromatic rings. The zero-order valence-corrected chi connectivity index (χ0v) is 21.3. The number of nitrogens with two attached hydrogens (primary N) is 1. The molecule has 0 spiro atoms. The number of amides is 1. The van der Waals surface area contributed by atoms with Gasteiger partial charge in [-0.05, 0) is 43.4 Å². The van der Waals surface area contributed by atoms with Crippen molar-refractivity contribution in [3.63, 3.8) is 0 Å². The van der Waals surface area contributed by atoms with Crippen LogP contribution in [-0.4, -0.2) is 34.2 Å². The SMILES string of the molecule is Cn1nc(OCCCCC(F)=C(F)F)c(C(F)(F)F)c1N/C=C(\C=N)c1ccc(Cl)c(C(=O)NC2(N)CC2)c1. The zero-order chi connectivity index (χ0) is 29.0. The number of benzene rings is 1. The first-order chi connectivity index (χ1) is 18.3. The van der Waals surface area contributed by atoms with E-state index in [1.807, 2.05) is 0 Å². The number of hydrogen-bond acceptors (Lipinski definition) is 6. The first kappa shape index (κ1) is 30.0. The van der Waals surface area contributed by atoms with Crippen LogP contribution in [0.1, 0.15) is 53.6 Å². The van der Waals surface area contributed by atoms with Gasteiger partial charge in [0, 0.05) is 31.5 Å². The van der Waals surface area contributed by atoms with Gasteiger partial charge in [-0.1, -0.05) is 17.7 Å². The number of carbonyl (C=O) groups is 1. The van der Waals surface area contributed by atoms with Crippen LogP contribution >= 0.6 is 11.6 Å². The molecule has 3 rings (SSSR count). The van der Waals surface area contributed by atoms with Gasteiger partial charge in [-0.15, -0.1) is 5.10 Å². The number of ether oxygens (including phenoxy) is 1. The summed E-state index contributed by atoms with van der Waals surface area (Å²) in [4.78, 5) is 12.6. The molecular weight excluding hydrogens is 554 g/mol. The van der Waals surface area contributed by atoms with E-state index in [4.69, 9.17) is 27.5 Å². The summed E-state index contributed by atoms with van der Waals surface area (Å²) < 4.78 is 84.8. The second-order valence-corrected chi connectivity index (χ2v) is 9.22. The van der Waals surface area contributed by atoms with Gasteiger partial charge in [-0.2, -0.15) is 22.0 Å². The zero-order valence-electron chi connectivity index (χ0n) is 20.6. The van der Waals surface area contributed by atoms with Crippen LogP contribution < -0.4 is 21.1 Å². The fourth-order valence-corrected chi connectivity index (χ4v) is 3.66. The minimum absolute atomic E-state index is 0.00689. The third-order valence-corrected chi connectivity index (χ3v) is 6.08. The highest BCUT2D eigenvalue weighted by atomic mass is 35.5. The predicted molar refractivity (Wildman–Crippen MR) is 133 cm³/mol.